The summed E-state index contributed by atoms with van der Waals surface area (Å²) in [4.78, 5) is 6.27. The number of aliphatic hydroxyl groups excluding tert-OH is 1. The number of aromatic nitrogens is 1. The molecule has 0 bridgehead atoms. The van der Waals surface area contributed by atoms with E-state index in [2.05, 4.69) is 37.7 Å². The summed E-state index contributed by atoms with van der Waals surface area (Å²) in [7, 11) is 0. The molecule has 0 saturated carbocycles. The van der Waals surface area contributed by atoms with Crippen molar-refractivity contribution in [2.45, 2.75) is 31.5 Å². The van der Waals surface area contributed by atoms with E-state index in [1.165, 1.54) is 6.07 Å². The Morgan fingerprint density at radius 1 is 1.19 bits per heavy atom. The molecule has 1 aromatic heterocycles. The lowest BCUT2D eigenvalue weighted by Crippen LogP contribution is -2.55. The van der Waals surface area contributed by atoms with E-state index in [1.54, 1.807) is 24.4 Å². The number of halogens is 3. The lowest BCUT2D eigenvalue weighted by atomic mass is 9.86. The minimum atomic E-state index is -0.992. The van der Waals surface area contributed by atoms with E-state index >= 15 is 0 Å². The van der Waals surface area contributed by atoms with Crippen LogP contribution in [0.4, 0.5) is 4.39 Å². The van der Waals surface area contributed by atoms with E-state index < -0.39 is 17.5 Å². The van der Waals surface area contributed by atoms with Crippen LogP contribution in [0.5, 0.6) is 5.75 Å². The highest BCUT2D eigenvalue weighted by molar-refractivity contribution is 9.10. The first kappa shape index (κ1) is 26.6. The van der Waals surface area contributed by atoms with Gasteiger partial charge in [0.25, 0.3) is 0 Å². The summed E-state index contributed by atoms with van der Waals surface area (Å²) >= 11 is 9.42. The standard InChI is InChI=1S/C28H27BrClFN2O3/c1-2-28(35)11-12-33(18-27(28)34)13-14-36-26-10-4-19(15-23(26)29)3-9-25-24(31)16-21(17-32-25)20-5-7-22(30)8-6-20/h4-8,10,15-17,27,34-35H,2,11-14,18H2,1H3/t27-,28+/m0/s1. The molecule has 1 saturated heterocycles. The van der Waals surface area contributed by atoms with Crippen LogP contribution >= 0.6 is 27.5 Å². The van der Waals surface area contributed by atoms with Gasteiger partial charge in [0.15, 0.2) is 5.82 Å². The number of piperidine rings is 1. The zero-order chi connectivity index (χ0) is 25.7. The molecule has 4 rings (SSSR count). The van der Waals surface area contributed by atoms with E-state index in [1.807, 2.05) is 31.2 Å². The molecule has 1 fully saturated rings. The topological polar surface area (TPSA) is 65.8 Å². The summed E-state index contributed by atoms with van der Waals surface area (Å²) in [6.07, 6.45) is 1.92. The van der Waals surface area contributed by atoms with E-state index in [0.29, 0.717) is 61.0 Å². The fourth-order valence-electron chi connectivity index (χ4n) is 4.08. The summed E-state index contributed by atoms with van der Waals surface area (Å²) in [6, 6.07) is 14.0. The molecule has 1 aliphatic rings. The number of aliphatic hydroxyl groups is 2. The molecule has 0 radical (unpaired) electrons. The summed E-state index contributed by atoms with van der Waals surface area (Å²) in [5.74, 6) is 5.92. The highest BCUT2D eigenvalue weighted by Gasteiger charge is 2.38. The molecule has 0 amide bonds. The number of benzene rings is 2. The van der Waals surface area contributed by atoms with E-state index in [-0.39, 0.29) is 5.69 Å². The third-order valence-corrected chi connectivity index (χ3v) is 7.34. The zero-order valence-corrected chi connectivity index (χ0v) is 22.2. The molecule has 2 heterocycles. The van der Waals surface area contributed by atoms with Gasteiger partial charge < -0.3 is 14.9 Å². The molecule has 2 N–H and O–H groups in total. The SMILES string of the molecule is CC[C@@]1(O)CCN(CCOc2ccc(C#Cc3ncc(-c4ccc(Cl)cc4)cc3F)cc2Br)C[C@@H]1O. The zero-order valence-electron chi connectivity index (χ0n) is 19.8. The molecule has 3 aromatic rings. The van der Waals surface area contributed by atoms with Crippen molar-refractivity contribution in [3.63, 3.8) is 0 Å². The van der Waals surface area contributed by atoms with Gasteiger partial charge in [-0.05, 0) is 76.7 Å². The lowest BCUT2D eigenvalue weighted by molar-refractivity contribution is -0.121. The maximum Gasteiger partial charge on any atom is 0.158 e. The first-order valence-corrected chi connectivity index (χ1v) is 12.9. The molecule has 5 nitrogen and oxygen atoms in total. The largest absolute Gasteiger partial charge is 0.491 e. The van der Waals surface area contributed by atoms with Gasteiger partial charge in [0.05, 0.1) is 16.2 Å². The Morgan fingerprint density at radius 2 is 1.97 bits per heavy atom. The average molecular weight is 574 g/mol. The number of β-amino-alcohol motifs (C(OH)–C–C–N with tert-alkyl or cyclic N) is 1. The molecule has 2 atom stereocenters. The van der Waals surface area contributed by atoms with Gasteiger partial charge in [-0.25, -0.2) is 9.37 Å². The van der Waals surface area contributed by atoms with Crippen molar-refractivity contribution in [2.24, 2.45) is 0 Å². The Labute approximate surface area is 224 Å². The number of pyridine rings is 1. The van der Waals surface area contributed by atoms with Gasteiger partial charge in [0.2, 0.25) is 0 Å². The Kier molecular flexibility index (Phi) is 8.66. The molecule has 188 valence electrons. The van der Waals surface area contributed by atoms with Crippen molar-refractivity contribution < 1.29 is 19.3 Å². The van der Waals surface area contributed by atoms with E-state index in [9.17, 15) is 14.6 Å². The van der Waals surface area contributed by atoms with Gasteiger partial charge in [-0.2, -0.15) is 0 Å². The number of likely N-dealkylation sites (tertiary alicyclic amines) is 1. The van der Waals surface area contributed by atoms with Gasteiger partial charge in [-0.1, -0.05) is 36.6 Å². The smallest absolute Gasteiger partial charge is 0.158 e. The summed E-state index contributed by atoms with van der Waals surface area (Å²) in [6.45, 7) is 4.11. The van der Waals surface area contributed by atoms with Crippen molar-refractivity contribution in [1.29, 1.82) is 0 Å². The number of hydrogen-bond donors (Lipinski definition) is 2. The van der Waals surface area contributed by atoms with Gasteiger partial charge in [-0.15, -0.1) is 0 Å². The third kappa shape index (κ3) is 6.44. The van der Waals surface area contributed by atoms with Gasteiger partial charge in [0.1, 0.15) is 18.1 Å². The van der Waals surface area contributed by atoms with Crippen LogP contribution in [0.25, 0.3) is 11.1 Å². The number of hydrogen-bond acceptors (Lipinski definition) is 5. The normalized spacial score (nSPS) is 20.0. The van der Waals surface area contributed by atoms with Gasteiger partial charge in [-0.3, -0.25) is 4.90 Å². The van der Waals surface area contributed by atoms with Crippen LogP contribution in [-0.2, 0) is 0 Å². The molecule has 0 aliphatic carbocycles. The van der Waals surface area contributed by atoms with Gasteiger partial charge >= 0.3 is 0 Å². The Bertz CT molecular complexity index is 1280. The van der Waals surface area contributed by atoms with Crippen molar-refractivity contribution in [3.8, 4) is 28.7 Å². The van der Waals surface area contributed by atoms with E-state index in [4.69, 9.17) is 16.3 Å². The minimum absolute atomic E-state index is 0.0721. The second-order valence-corrected chi connectivity index (χ2v) is 10.1. The fourth-order valence-corrected chi connectivity index (χ4v) is 4.70. The number of ether oxygens (including phenoxy) is 1. The van der Waals surface area contributed by atoms with Crippen molar-refractivity contribution in [2.75, 3.05) is 26.2 Å². The van der Waals surface area contributed by atoms with Crippen LogP contribution in [0.1, 0.15) is 31.0 Å². The highest BCUT2D eigenvalue weighted by Crippen LogP contribution is 2.28. The highest BCUT2D eigenvalue weighted by atomic mass is 79.9. The van der Waals surface area contributed by atoms with Crippen LogP contribution in [0.15, 0.2) is 59.2 Å². The predicted molar refractivity (Wildman–Crippen MR) is 143 cm³/mol. The maximum atomic E-state index is 14.6. The molecular weight excluding hydrogens is 547 g/mol. The molecule has 0 spiro atoms. The number of nitrogens with zero attached hydrogens (tertiary/aromatic N) is 2. The second kappa shape index (κ2) is 11.7. The number of rotatable bonds is 6. The van der Waals surface area contributed by atoms with Crippen LogP contribution in [-0.4, -0.2) is 58.0 Å². The lowest BCUT2D eigenvalue weighted by Gasteiger charge is -2.41. The first-order valence-electron chi connectivity index (χ1n) is 11.8. The summed E-state index contributed by atoms with van der Waals surface area (Å²) < 4.78 is 21.2. The summed E-state index contributed by atoms with van der Waals surface area (Å²) in [5, 5.41) is 21.2. The van der Waals surface area contributed by atoms with Crippen LogP contribution in [0.3, 0.4) is 0 Å². The maximum absolute atomic E-state index is 14.6. The Morgan fingerprint density at radius 3 is 2.64 bits per heavy atom. The van der Waals surface area contributed by atoms with Crippen LogP contribution in [0, 0.1) is 17.7 Å². The van der Waals surface area contributed by atoms with Crippen LogP contribution in [0.2, 0.25) is 5.02 Å². The third-order valence-electron chi connectivity index (χ3n) is 6.47. The predicted octanol–water partition coefficient (Wildman–Crippen LogP) is 5.29. The quantitative estimate of drug-likeness (QED) is 0.393. The molecule has 36 heavy (non-hydrogen) atoms. The Hall–Kier alpha value is -2.47. The minimum Gasteiger partial charge on any atom is -0.491 e. The van der Waals surface area contributed by atoms with Crippen LogP contribution < -0.4 is 4.74 Å². The molecule has 0 unspecified atom stereocenters. The average Bonchev–Trinajstić information content (AvgIpc) is 2.87. The molecular formula is C28H27BrClFN2O3. The molecule has 2 aromatic carbocycles. The van der Waals surface area contributed by atoms with E-state index in [0.717, 1.165) is 10.0 Å². The van der Waals surface area contributed by atoms with Crippen molar-refractivity contribution in [1.82, 2.24) is 9.88 Å². The van der Waals surface area contributed by atoms with Crippen molar-refractivity contribution in [3.05, 3.63) is 81.3 Å². The monoisotopic (exact) mass is 572 g/mol. The molecule has 1 aliphatic heterocycles. The molecule has 8 heteroatoms. The fraction of sp³-hybridized carbons (Fsp3) is 0.321. The summed E-state index contributed by atoms with van der Waals surface area (Å²) in [5.41, 5.74) is 1.25. The Balaban J connectivity index is 1.34. The second-order valence-electron chi connectivity index (χ2n) is 8.83. The first-order chi connectivity index (χ1) is 17.3. The van der Waals surface area contributed by atoms with Crippen molar-refractivity contribution >= 4 is 27.5 Å². The van der Waals surface area contributed by atoms with Gasteiger partial charge in [0, 0.05) is 42.0 Å².